The number of carbonyl (C=O) groups excluding carboxylic acids is 5. The lowest BCUT2D eigenvalue weighted by Gasteiger charge is -2.33. The first kappa shape index (κ1) is 36.8. The topological polar surface area (TPSA) is 141 Å². The highest BCUT2D eigenvalue weighted by Crippen LogP contribution is 2.39. The molecule has 5 heterocycles. The van der Waals surface area contributed by atoms with E-state index in [1.54, 1.807) is 32.2 Å². The highest BCUT2D eigenvalue weighted by molar-refractivity contribution is 6.23. The maximum Gasteiger partial charge on any atom is 0.407 e. The molecule has 2 aromatic carbocycles. The molecule has 5 amide bonds. The Kier molecular flexibility index (Phi) is 9.55. The number of rotatable bonds is 8. The monoisotopic (exact) mass is 744 g/mol. The fourth-order valence-corrected chi connectivity index (χ4v) is 7.87. The van der Waals surface area contributed by atoms with Crippen LogP contribution in [0.3, 0.4) is 0 Å². The van der Waals surface area contributed by atoms with Gasteiger partial charge in [0.2, 0.25) is 11.8 Å². The molecule has 7 rings (SSSR count). The van der Waals surface area contributed by atoms with Gasteiger partial charge < -0.3 is 15.1 Å². The van der Waals surface area contributed by atoms with Crippen molar-refractivity contribution in [2.45, 2.75) is 69.6 Å². The van der Waals surface area contributed by atoms with E-state index in [0.717, 1.165) is 80.3 Å². The Balaban J connectivity index is 0.913. The summed E-state index contributed by atoms with van der Waals surface area (Å²) in [6.07, 6.45) is 1.78. The van der Waals surface area contributed by atoms with Crippen molar-refractivity contribution in [3.63, 3.8) is 0 Å². The zero-order valence-electron chi connectivity index (χ0n) is 29.8. The predicted octanol–water partition coefficient (Wildman–Crippen LogP) is 4.93. The number of alkyl halides is 3. The molecule has 4 aliphatic rings. The molecular formula is C38H39F3N8O5. The minimum atomic E-state index is -4.73. The van der Waals surface area contributed by atoms with Gasteiger partial charge in [0.05, 0.1) is 29.5 Å². The quantitative estimate of drug-likeness (QED) is 0.245. The second-order valence-electron chi connectivity index (χ2n) is 14.9. The SMILES string of the molecule is [C-]#[N+]c1ccc(NC(=O)C(C)(C)n2cc(C3CCN(CC4CCN(c5ccc6c(c5)C(=O)N(C5CCC(=O)NC5=O)C6=O)C4)CC3)cn2)cc1C(F)(F)F. The van der Waals surface area contributed by atoms with Crippen LogP contribution in [0.15, 0.2) is 48.8 Å². The molecule has 1 aromatic heterocycles. The van der Waals surface area contributed by atoms with Crippen LogP contribution in [0.2, 0.25) is 0 Å². The van der Waals surface area contributed by atoms with Gasteiger partial charge in [-0.25, -0.2) is 4.85 Å². The van der Waals surface area contributed by atoms with E-state index >= 15 is 0 Å². The Bertz CT molecular complexity index is 2080. The van der Waals surface area contributed by atoms with E-state index in [1.165, 1.54) is 10.7 Å². The number of amides is 5. The molecule has 2 N–H and O–H groups in total. The molecule has 54 heavy (non-hydrogen) atoms. The first-order valence-electron chi connectivity index (χ1n) is 17.9. The van der Waals surface area contributed by atoms with Crippen molar-refractivity contribution < 1.29 is 37.1 Å². The second kappa shape index (κ2) is 14.0. The van der Waals surface area contributed by atoms with E-state index in [2.05, 4.69) is 30.4 Å². The number of anilines is 2. The number of imide groups is 2. The van der Waals surface area contributed by atoms with E-state index in [1.807, 2.05) is 12.3 Å². The van der Waals surface area contributed by atoms with E-state index in [4.69, 9.17) is 6.57 Å². The van der Waals surface area contributed by atoms with Crippen molar-refractivity contribution in [3.8, 4) is 0 Å². The molecular weight excluding hydrogens is 705 g/mol. The number of hydrogen-bond acceptors (Lipinski definition) is 8. The van der Waals surface area contributed by atoms with Gasteiger partial charge in [0, 0.05) is 43.6 Å². The normalized spacial score (nSPS) is 21.3. The van der Waals surface area contributed by atoms with Gasteiger partial charge in [-0.3, -0.25) is 38.9 Å². The van der Waals surface area contributed by atoms with E-state index in [0.29, 0.717) is 5.92 Å². The van der Waals surface area contributed by atoms with Crippen LogP contribution in [0.5, 0.6) is 0 Å². The molecule has 0 aliphatic carbocycles. The van der Waals surface area contributed by atoms with E-state index in [-0.39, 0.29) is 35.6 Å². The first-order valence-corrected chi connectivity index (χ1v) is 17.9. The summed E-state index contributed by atoms with van der Waals surface area (Å²) in [7, 11) is 0. The van der Waals surface area contributed by atoms with Crippen LogP contribution in [0.25, 0.3) is 4.85 Å². The number of hydrogen-bond donors (Lipinski definition) is 2. The summed E-state index contributed by atoms with van der Waals surface area (Å²) in [4.78, 5) is 72.3. The molecule has 3 aromatic rings. The number of halogens is 3. The van der Waals surface area contributed by atoms with Gasteiger partial charge in [0.15, 0.2) is 5.69 Å². The standard InChI is InChI=1S/C38H39F3N8O5/c1-37(2,36(54)44-25-4-7-30(42-3)29(16-25)38(39,40)41)48-21-24(18-43-48)23-11-13-46(14-12-23)19-22-10-15-47(20-22)26-5-6-27-28(17-26)35(53)49(34(27)52)31-8-9-32(50)45-33(31)51/h4-7,16-18,21-23,31H,8-15,19-20H2,1-2H3,(H,44,54)(H,45,50,51). The lowest BCUT2D eigenvalue weighted by molar-refractivity contribution is -0.137. The fraction of sp³-hybridized carbons (Fsp3) is 0.447. The number of nitrogens with zero attached hydrogens (tertiary/aromatic N) is 6. The number of benzene rings is 2. The predicted molar refractivity (Wildman–Crippen MR) is 190 cm³/mol. The van der Waals surface area contributed by atoms with Crippen molar-refractivity contribution in [1.82, 2.24) is 24.9 Å². The summed E-state index contributed by atoms with van der Waals surface area (Å²) in [6, 6.07) is 7.31. The van der Waals surface area contributed by atoms with E-state index in [9.17, 15) is 37.1 Å². The van der Waals surface area contributed by atoms with Crippen LogP contribution in [0.4, 0.5) is 30.2 Å². The van der Waals surface area contributed by atoms with E-state index < -0.39 is 58.5 Å². The van der Waals surface area contributed by atoms with Crippen molar-refractivity contribution in [2.24, 2.45) is 5.92 Å². The first-order chi connectivity index (χ1) is 25.6. The van der Waals surface area contributed by atoms with Gasteiger partial charge in [0.25, 0.3) is 17.7 Å². The fourth-order valence-electron chi connectivity index (χ4n) is 7.87. The lowest BCUT2D eigenvalue weighted by atomic mass is 9.91. The van der Waals surface area contributed by atoms with Gasteiger partial charge >= 0.3 is 6.18 Å². The third-order valence-electron chi connectivity index (χ3n) is 11.1. The molecule has 282 valence electrons. The Morgan fingerprint density at radius 2 is 1.72 bits per heavy atom. The molecule has 0 radical (unpaired) electrons. The summed E-state index contributed by atoms with van der Waals surface area (Å²) < 4.78 is 41.9. The number of nitrogens with one attached hydrogen (secondary N) is 2. The molecule has 0 saturated carbocycles. The Morgan fingerprint density at radius 1 is 0.981 bits per heavy atom. The zero-order valence-corrected chi connectivity index (χ0v) is 29.8. The minimum Gasteiger partial charge on any atom is -0.371 e. The molecule has 13 nitrogen and oxygen atoms in total. The average Bonchev–Trinajstić information content (AvgIpc) is 3.88. The van der Waals surface area contributed by atoms with Crippen molar-refractivity contribution in [3.05, 3.63) is 82.5 Å². The minimum absolute atomic E-state index is 0.0600. The molecule has 16 heteroatoms. The highest BCUT2D eigenvalue weighted by Gasteiger charge is 2.45. The molecule has 3 fully saturated rings. The summed E-state index contributed by atoms with van der Waals surface area (Å²) in [5, 5.41) is 9.23. The largest absolute Gasteiger partial charge is 0.407 e. The van der Waals surface area contributed by atoms with Gasteiger partial charge in [-0.05, 0) is 100 Å². The summed E-state index contributed by atoms with van der Waals surface area (Å²) >= 11 is 0. The number of piperidine rings is 2. The maximum atomic E-state index is 13.5. The Morgan fingerprint density at radius 3 is 2.43 bits per heavy atom. The third-order valence-corrected chi connectivity index (χ3v) is 11.1. The molecule has 3 saturated heterocycles. The van der Waals surface area contributed by atoms with Crippen molar-refractivity contribution in [2.75, 3.05) is 42.9 Å². The number of aromatic nitrogens is 2. The van der Waals surface area contributed by atoms with Crippen LogP contribution in [-0.2, 0) is 26.1 Å². The van der Waals surface area contributed by atoms with Crippen LogP contribution in [0.1, 0.15) is 83.7 Å². The molecule has 4 aliphatic heterocycles. The molecule has 2 unspecified atom stereocenters. The van der Waals surface area contributed by atoms with Gasteiger partial charge in [0.1, 0.15) is 11.6 Å². The maximum absolute atomic E-state index is 13.5. The Hall–Kier alpha value is -5.56. The van der Waals surface area contributed by atoms with Crippen LogP contribution >= 0.6 is 0 Å². The highest BCUT2D eigenvalue weighted by atomic mass is 19.4. The van der Waals surface area contributed by atoms with Crippen LogP contribution in [-0.4, -0.2) is 87.9 Å². The summed E-state index contributed by atoms with van der Waals surface area (Å²) in [6.45, 7) is 14.6. The van der Waals surface area contributed by atoms with Crippen LogP contribution in [0, 0.1) is 12.5 Å². The second-order valence-corrected chi connectivity index (χ2v) is 14.9. The van der Waals surface area contributed by atoms with Crippen LogP contribution < -0.4 is 15.5 Å². The number of carbonyl (C=O) groups is 5. The molecule has 0 bridgehead atoms. The average molecular weight is 745 g/mol. The van der Waals surface area contributed by atoms with Gasteiger partial charge in [-0.2, -0.15) is 18.3 Å². The third kappa shape index (κ3) is 6.95. The molecule has 2 atom stereocenters. The summed E-state index contributed by atoms with van der Waals surface area (Å²) in [5.41, 5.74) is -0.549. The number of fused-ring (bicyclic) bond motifs is 1. The van der Waals surface area contributed by atoms with Crippen molar-refractivity contribution >= 4 is 46.6 Å². The summed E-state index contributed by atoms with van der Waals surface area (Å²) in [5.74, 6) is -2.00. The lowest BCUT2D eigenvalue weighted by Crippen LogP contribution is -2.54. The zero-order chi connectivity index (χ0) is 38.5. The van der Waals surface area contributed by atoms with Crippen molar-refractivity contribution in [1.29, 1.82) is 0 Å². The molecule has 0 spiro atoms. The Labute approximate surface area is 309 Å². The van der Waals surface area contributed by atoms with Gasteiger partial charge in [-0.15, -0.1) is 0 Å². The van der Waals surface area contributed by atoms with Gasteiger partial charge in [-0.1, -0.05) is 6.07 Å². The number of likely N-dealkylation sites (tertiary alicyclic amines) is 1. The smallest absolute Gasteiger partial charge is 0.371 e.